The summed E-state index contributed by atoms with van der Waals surface area (Å²) in [6.07, 6.45) is 6.60. The van der Waals surface area contributed by atoms with Gasteiger partial charge in [-0.3, -0.25) is 4.79 Å². The molecule has 1 N–H and O–H groups in total. The Morgan fingerprint density at radius 2 is 2.31 bits per heavy atom. The van der Waals surface area contributed by atoms with E-state index >= 15 is 0 Å². The second-order valence-corrected chi connectivity index (χ2v) is 3.52. The fourth-order valence-corrected chi connectivity index (χ4v) is 1.88. The van der Waals surface area contributed by atoms with Gasteiger partial charge in [0, 0.05) is 0 Å². The summed E-state index contributed by atoms with van der Waals surface area (Å²) in [6.45, 7) is 1.85. The van der Waals surface area contributed by atoms with Gasteiger partial charge in [0.2, 0.25) is 0 Å². The number of ether oxygens (including phenoxy) is 1. The average Bonchev–Trinajstić information content (AvgIpc) is 2.43. The maximum Gasteiger partial charge on any atom is 0.312 e. The molecule has 3 atom stereocenters. The van der Waals surface area contributed by atoms with Crippen LogP contribution in [-0.4, -0.2) is 23.8 Å². The summed E-state index contributed by atoms with van der Waals surface area (Å²) in [5.41, 5.74) is -1.31. The van der Waals surface area contributed by atoms with Gasteiger partial charge < -0.3 is 9.84 Å². The van der Waals surface area contributed by atoms with Gasteiger partial charge in [-0.25, -0.2) is 0 Å². The first-order valence-electron chi connectivity index (χ1n) is 4.34. The maximum atomic E-state index is 11.3. The lowest BCUT2D eigenvalue weighted by Crippen LogP contribution is -2.41. The molecule has 0 aromatic carbocycles. The summed E-state index contributed by atoms with van der Waals surface area (Å²) in [5, 5.41) is 9.99. The third-order valence-electron chi connectivity index (χ3n) is 2.89. The van der Waals surface area contributed by atoms with Crippen molar-refractivity contribution >= 4 is 5.97 Å². The van der Waals surface area contributed by atoms with Gasteiger partial charge in [0.25, 0.3) is 0 Å². The lowest BCUT2D eigenvalue weighted by Gasteiger charge is -2.26. The normalized spacial score (nSPS) is 38.3. The highest BCUT2D eigenvalue weighted by Gasteiger charge is 2.49. The van der Waals surface area contributed by atoms with E-state index in [1.54, 1.807) is 0 Å². The lowest BCUT2D eigenvalue weighted by molar-refractivity contribution is -0.151. The molecule has 1 aliphatic rings. The fraction of sp³-hybridized carbons (Fsp3) is 0.700. The molecular formula is C10H14O3. The van der Waals surface area contributed by atoms with Crippen LogP contribution >= 0.6 is 0 Å². The largest absolute Gasteiger partial charge is 0.469 e. The predicted octanol–water partition coefficient (Wildman–Crippen LogP) is 0.570. The van der Waals surface area contributed by atoms with E-state index in [-0.39, 0.29) is 5.92 Å². The van der Waals surface area contributed by atoms with Crippen molar-refractivity contribution in [1.29, 1.82) is 0 Å². The summed E-state index contributed by atoms with van der Waals surface area (Å²) in [6, 6.07) is 0. The number of hydrogen-bond acceptors (Lipinski definition) is 3. The van der Waals surface area contributed by atoms with E-state index in [1.165, 1.54) is 7.11 Å². The first-order valence-corrected chi connectivity index (χ1v) is 4.34. The molecule has 1 saturated carbocycles. The molecule has 1 aliphatic carbocycles. The van der Waals surface area contributed by atoms with Crippen molar-refractivity contribution in [2.45, 2.75) is 25.4 Å². The van der Waals surface area contributed by atoms with E-state index in [0.29, 0.717) is 6.42 Å². The van der Waals surface area contributed by atoms with E-state index in [1.807, 2.05) is 6.92 Å². The Bertz CT molecular complexity index is 253. The van der Waals surface area contributed by atoms with Gasteiger partial charge in [0.15, 0.2) is 0 Å². The summed E-state index contributed by atoms with van der Waals surface area (Å²) in [7, 11) is 1.31. The van der Waals surface area contributed by atoms with Crippen molar-refractivity contribution in [1.82, 2.24) is 0 Å². The molecule has 3 heteroatoms. The van der Waals surface area contributed by atoms with Crippen molar-refractivity contribution in [2.75, 3.05) is 7.11 Å². The van der Waals surface area contributed by atoms with Crippen LogP contribution in [-0.2, 0) is 9.53 Å². The van der Waals surface area contributed by atoms with E-state index in [0.717, 1.165) is 6.42 Å². The predicted molar refractivity (Wildman–Crippen MR) is 47.7 cm³/mol. The molecule has 1 rings (SSSR count). The van der Waals surface area contributed by atoms with Gasteiger partial charge in [-0.1, -0.05) is 12.8 Å². The van der Waals surface area contributed by atoms with E-state index in [4.69, 9.17) is 6.42 Å². The van der Waals surface area contributed by atoms with E-state index < -0.39 is 17.5 Å². The molecule has 0 spiro atoms. The first kappa shape index (κ1) is 10.1. The minimum atomic E-state index is -1.31. The molecule has 0 aromatic rings. The van der Waals surface area contributed by atoms with Crippen LogP contribution in [0, 0.1) is 24.2 Å². The summed E-state index contributed by atoms with van der Waals surface area (Å²) in [4.78, 5) is 11.3. The van der Waals surface area contributed by atoms with Gasteiger partial charge >= 0.3 is 5.97 Å². The van der Waals surface area contributed by atoms with Gasteiger partial charge in [-0.2, -0.15) is 0 Å². The zero-order valence-corrected chi connectivity index (χ0v) is 7.91. The maximum absolute atomic E-state index is 11.3. The minimum absolute atomic E-state index is 0.0402. The molecule has 13 heavy (non-hydrogen) atoms. The van der Waals surface area contributed by atoms with Crippen molar-refractivity contribution in [3.8, 4) is 12.3 Å². The third-order valence-corrected chi connectivity index (χ3v) is 2.89. The fourth-order valence-electron chi connectivity index (χ4n) is 1.88. The minimum Gasteiger partial charge on any atom is -0.469 e. The average molecular weight is 182 g/mol. The van der Waals surface area contributed by atoms with Gasteiger partial charge in [-0.15, -0.1) is 6.42 Å². The SMILES string of the molecule is C#CC1(O)C(C)CCC1C(=O)OC. The Hall–Kier alpha value is -1.01. The van der Waals surface area contributed by atoms with Crippen LogP contribution < -0.4 is 0 Å². The van der Waals surface area contributed by atoms with E-state index in [2.05, 4.69) is 10.7 Å². The van der Waals surface area contributed by atoms with Crippen LogP contribution in [0.5, 0.6) is 0 Å². The number of hydrogen-bond donors (Lipinski definition) is 1. The molecule has 3 unspecified atom stereocenters. The Labute approximate surface area is 78.1 Å². The molecule has 1 fully saturated rings. The van der Waals surface area contributed by atoms with Crippen LogP contribution in [0.15, 0.2) is 0 Å². The molecular weight excluding hydrogens is 168 g/mol. The number of carbonyl (C=O) groups is 1. The molecule has 0 heterocycles. The second-order valence-electron chi connectivity index (χ2n) is 3.52. The summed E-state index contributed by atoms with van der Waals surface area (Å²) in [5.74, 6) is 1.30. The number of esters is 1. The highest BCUT2D eigenvalue weighted by molar-refractivity contribution is 5.75. The Morgan fingerprint density at radius 1 is 1.69 bits per heavy atom. The number of rotatable bonds is 1. The Kier molecular flexibility index (Phi) is 2.63. The lowest BCUT2D eigenvalue weighted by atomic mass is 9.86. The van der Waals surface area contributed by atoms with Gasteiger partial charge in [0.05, 0.1) is 13.0 Å². The smallest absolute Gasteiger partial charge is 0.312 e. The molecule has 3 nitrogen and oxygen atoms in total. The molecule has 0 saturated heterocycles. The number of terminal acetylenes is 1. The summed E-state index contributed by atoms with van der Waals surface area (Å²) >= 11 is 0. The monoisotopic (exact) mass is 182 g/mol. The molecule has 0 aliphatic heterocycles. The van der Waals surface area contributed by atoms with Crippen molar-refractivity contribution < 1.29 is 14.6 Å². The number of aliphatic hydroxyl groups is 1. The number of carbonyl (C=O) groups excluding carboxylic acids is 1. The van der Waals surface area contributed by atoms with Crippen molar-refractivity contribution in [3.05, 3.63) is 0 Å². The number of methoxy groups -OCH3 is 1. The quantitative estimate of drug-likeness (QED) is 0.476. The Balaban J connectivity index is 2.90. The van der Waals surface area contributed by atoms with Crippen LogP contribution in [0.25, 0.3) is 0 Å². The topological polar surface area (TPSA) is 46.5 Å². The first-order chi connectivity index (χ1) is 6.06. The summed E-state index contributed by atoms with van der Waals surface area (Å²) < 4.78 is 4.59. The highest BCUT2D eigenvalue weighted by Crippen LogP contribution is 2.40. The molecule has 0 bridgehead atoms. The second kappa shape index (κ2) is 3.39. The molecule has 0 aromatic heterocycles. The molecule has 72 valence electrons. The zero-order valence-electron chi connectivity index (χ0n) is 7.91. The van der Waals surface area contributed by atoms with E-state index in [9.17, 15) is 9.90 Å². The van der Waals surface area contributed by atoms with Gasteiger partial charge in [0.1, 0.15) is 5.60 Å². The van der Waals surface area contributed by atoms with Crippen LogP contribution in [0.4, 0.5) is 0 Å². The third kappa shape index (κ3) is 1.42. The standard InChI is InChI=1S/C10H14O3/c1-4-10(12)7(2)5-6-8(10)9(11)13-3/h1,7-8,12H,5-6H2,2-3H3. The van der Waals surface area contributed by atoms with Crippen LogP contribution in [0.1, 0.15) is 19.8 Å². The van der Waals surface area contributed by atoms with Gasteiger partial charge in [-0.05, 0) is 18.8 Å². The molecule has 0 amide bonds. The Morgan fingerprint density at radius 3 is 2.77 bits per heavy atom. The highest BCUT2D eigenvalue weighted by atomic mass is 16.5. The van der Waals surface area contributed by atoms with Crippen molar-refractivity contribution in [3.63, 3.8) is 0 Å². The van der Waals surface area contributed by atoms with Crippen LogP contribution in [0.2, 0.25) is 0 Å². The zero-order chi connectivity index (χ0) is 10.1. The van der Waals surface area contributed by atoms with Crippen LogP contribution in [0.3, 0.4) is 0 Å². The molecule has 0 radical (unpaired) electrons. The van der Waals surface area contributed by atoms with Crippen molar-refractivity contribution in [2.24, 2.45) is 11.8 Å².